The summed E-state index contributed by atoms with van der Waals surface area (Å²) in [6.07, 6.45) is 1.55. The molecule has 0 amide bonds. The Kier molecular flexibility index (Phi) is 3.35. The molecule has 2 heterocycles. The summed E-state index contributed by atoms with van der Waals surface area (Å²) in [6.45, 7) is 3.74. The Morgan fingerprint density at radius 2 is 2.12 bits per heavy atom. The third-order valence-corrected chi connectivity index (χ3v) is 2.90. The van der Waals surface area contributed by atoms with Crippen LogP contribution in [0.25, 0.3) is 0 Å². The molecule has 0 aromatic carbocycles. The van der Waals surface area contributed by atoms with Crippen LogP contribution in [0.5, 0.6) is 11.6 Å². The van der Waals surface area contributed by atoms with Gasteiger partial charge in [-0.15, -0.1) is 4.37 Å². The van der Waals surface area contributed by atoms with E-state index in [-0.39, 0.29) is 11.0 Å². The average Bonchev–Trinajstić information content (AvgIpc) is 2.28. The lowest BCUT2D eigenvalue weighted by molar-refractivity contribution is 0.456. The minimum absolute atomic E-state index is 0.0799. The van der Waals surface area contributed by atoms with Crippen molar-refractivity contribution < 1.29 is 4.74 Å². The first kappa shape index (κ1) is 11.9. The number of nitrogens with zero attached hydrogens (tertiary/aromatic N) is 3. The Labute approximate surface area is 106 Å². The zero-order valence-corrected chi connectivity index (χ0v) is 10.7. The van der Waals surface area contributed by atoms with Gasteiger partial charge in [0.15, 0.2) is 10.9 Å². The van der Waals surface area contributed by atoms with Gasteiger partial charge in [-0.2, -0.15) is 4.37 Å². The van der Waals surface area contributed by atoms with Crippen LogP contribution < -0.4 is 10.2 Å². The van der Waals surface area contributed by atoms with Gasteiger partial charge in [0.2, 0.25) is 0 Å². The number of hydrogen-bond acceptors (Lipinski definition) is 6. The second-order valence-corrected chi connectivity index (χ2v) is 4.27. The lowest BCUT2D eigenvalue weighted by atomic mass is 10.2. The van der Waals surface area contributed by atoms with Gasteiger partial charge in [0.05, 0.1) is 17.9 Å². The number of aryl methyl sites for hydroxylation is 2. The molecule has 0 aliphatic carbocycles. The first-order valence-electron chi connectivity index (χ1n) is 4.71. The van der Waals surface area contributed by atoms with Gasteiger partial charge >= 0.3 is 0 Å². The van der Waals surface area contributed by atoms with Crippen LogP contribution in [0.1, 0.15) is 11.3 Å². The topological polar surface area (TPSA) is 65.0 Å². The summed E-state index contributed by atoms with van der Waals surface area (Å²) in [5.41, 5.74) is 1.22. The van der Waals surface area contributed by atoms with Crippen LogP contribution in [-0.2, 0) is 0 Å². The predicted molar refractivity (Wildman–Crippen MR) is 65.0 cm³/mol. The molecule has 0 unspecified atom stereocenters. The molecule has 5 nitrogen and oxygen atoms in total. The molecule has 7 heteroatoms. The Bertz CT molecular complexity index is 615. The second-order valence-electron chi connectivity index (χ2n) is 3.38. The maximum Gasteiger partial charge on any atom is 0.283 e. The zero-order chi connectivity index (χ0) is 12.4. The highest BCUT2D eigenvalue weighted by Gasteiger charge is 2.10. The Balaban J connectivity index is 2.38. The molecule has 17 heavy (non-hydrogen) atoms. The van der Waals surface area contributed by atoms with E-state index in [4.69, 9.17) is 16.3 Å². The van der Waals surface area contributed by atoms with Gasteiger partial charge in [0.1, 0.15) is 0 Å². The smallest absolute Gasteiger partial charge is 0.283 e. The van der Waals surface area contributed by atoms with E-state index in [1.807, 2.05) is 19.9 Å². The summed E-state index contributed by atoms with van der Waals surface area (Å²) in [4.78, 5) is 15.6. The molecular weight excluding hydrogens is 262 g/mol. The quantitative estimate of drug-likeness (QED) is 0.837. The van der Waals surface area contributed by atoms with Crippen molar-refractivity contribution in [3.63, 3.8) is 0 Å². The second kappa shape index (κ2) is 4.77. The molecule has 2 rings (SSSR count). The lowest BCUT2D eigenvalue weighted by Gasteiger charge is -2.06. The molecule has 0 saturated heterocycles. The molecule has 0 radical (unpaired) electrons. The SMILES string of the molecule is Cc1cc(C)c(Oc2nsnc(Cl)c2=O)cn1. The molecule has 0 fully saturated rings. The van der Waals surface area contributed by atoms with Crippen molar-refractivity contribution in [2.45, 2.75) is 13.8 Å². The van der Waals surface area contributed by atoms with Crippen molar-refractivity contribution in [2.75, 3.05) is 0 Å². The highest BCUT2D eigenvalue weighted by Crippen LogP contribution is 2.21. The molecule has 2 aromatic rings. The highest BCUT2D eigenvalue weighted by atomic mass is 35.5. The van der Waals surface area contributed by atoms with Crippen molar-refractivity contribution in [2.24, 2.45) is 0 Å². The van der Waals surface area contributed by atoms with Crippen molar-refractivity contribution >= 4 is 23.3 Å². The minimum atomic E-state index is -0.523. The number of pyridine rings is 1. The van der Waals surface area contributed by atoms with Crippen LogP contribution >= 0.6 is 23.3 Å². The normalized spacial score (nSPS) is 10.3. The van der Waals surface area contributed by atoms with Gasteiger partial charge in [0, 0.05) is 5.69 Å². The van der Waals surface area contributed by atoms with Gasteiger partial charge in [-0.1, -0.05) is 11.6 Å². The maximum absolute atomic E-state index is 11.6. The Hall–Kier alpha value is -1.53. The monoisotopic (exact) mass is 269 g/mol. The van der Waals surface area contributed by atoms with Crippen LogP contribution in [0.3, 0.4) is 0 Å². The third kappa shape index (κ3) is 2.59. The van der Waals surface area contributed by atoms with Crippen LogP contribution in [0.15, 0.2) is 17.1 Å². The third-order valence-electron chi connectivity index (χ3n) is 2.03. The average molecular weight is 270 g/mol. The zero-order valence-electron chi connectivity index (χ0n) is 9.10. The van der Waals surface area contributed by atoms with Crippen molar-refractivity contribution in [1.29, 1.82) is 0 Å². The van der Waals surface area contributed by atoms with Gasteiger partial charge in [0.25, 0.3) is 11.3 Å². The van der Waals surface area contributed by atoms with Crippen LogP contribution in [0.4, 0.5) is 0 Å². The Morgan fingerprint density at radius 1 is 1.35 bits per heavy atom. The maximum atomic E-state index is 11.6. The first-order chi connectivity index (χ1) is 8.08. The van der Waals surface area contributed by atoms with E-state index in [1.165, 1.54) is 0 Å². The van der Waals surface area contributed by atoms with Gasteiger partial charge in [-0.05, 0) is 25.5 Å². The molecule has 88 valence electrons. The molecule has 2 aromatic heterocycles. The number of halogens is 1. The van der Waals surface area contributed by atoms with Gasteiger partial charge in [-0.3, -0.25) is 9.78 Å². The predicted octanol–water partition coefficient (Wildman–Crippen LogP) is 2.36. The molecule has 0 spiro atoms. The molecule has 0 N–H and O–H groups in total. The van der Waals surface area contributed by atoms with Gasteiger partial charge in [-0.25, -0.2) is 0 Å². The van der Waals surface area contributed by atoms with E-state index in [9.17, 15) is 4.79 Å². The fraction of sp³-hybridized carbons (Fsp3) is 0.200. The summed E-state index contributed by atoms with van der Waals surface area (Å²) >= 11 is 6.42. The lowest BCUT2D eigenvalue weighted by Crippen LogP contribution is -2.08. The van der Waals surface area contributed by atoms with E-state index in [0.29, 0.717) is 5.75 Å². The van der Waals surface area contributed by atoms with Crippen LogP contribution in [0.2, 0.25) is 5.15 Å². The number of rotatable bonds is 2. The summed E-state index contributed by atoms with van der Waals surface area (Å²) in [5, 5.41) is -0.141. The summed E-state index contributed by atoms with van der Waals surface area (Å²) < 4.78 is 12.8. The van der Waals surface area contributed by atoms with Crippen molar-refractivity contribution in [1.82, 2.24) is 13.7 Å². The fourth-order valence-corrected chi connectivity index (χ4v) is 1.79. The fourth-order valence-electron chi connectivity index (χ4n) is 1.22. The van der Waals surface area contributed by atoms with Crippen molar-refractivity contribution in [3.8, 4) is 11.6 Å². The standard InChI is InChI=1S/C10H8ClN3O2S/c1-5-3-6(2)12-4-7(5)16-10-8(15)9(11)13-17-14-10/h3-4H,1-2H3. The van der Waals surface area contributed by atoms with E-state index >= 15 is 0 Å². The highest BCUT2D eigenvalue weighted by molar-refractivity contribution is 6.99. The molecule has 0 aliphatic heterocycles. The largest absolute Gasteiger partial charge is 0.433 e. The molecule has 0 aliphatic rings. The summed E-state index contributed by atoms with van der Waals surface area (Å²) in [5.74, 6) is 0.401. The number of ether oxygens (including phenoxy) is 1. The van der Waals surface area contributed by atoms with Crippen molar-refractivity contribution in [3.05, 3.63) is 38.9 Å². The minimum Gasteiger partial charge on any atom is -0.433 e. The first-order valence-corrected chi connectivity index (χ1v) is 5.82. The van der Waals surface area contributed by atoms with E-state index in [2.05, 4.69) is 13.7 Å². The van der Waals surface area contributed by atoms with Crippen LogP contribution in [0, 0.1) is 13.8 Å². The van der Waals surface area contributed by atoms with Gasteiger partial charge < -0.3 is 4.74 Å². The van der Waals surface area contributed by atoms with E-state index in [0.717, 1.165) is 23.0 Å². The van der Waals surface area contributed by atoms with Crippen LogP contribution in [-0.4, -0.2) is 13.7 Å². The molecule has 0 atom stereocenters. The molecule has 0 saturated carbocycles. The number of hydrogen-bond donors (Lipinski definition) is 0. The summed E-state index contributed by atoms with van der Waals surface area (Å²) in [7, 11) is 0. The molecule has 0 bridgehead atoms. The van der Waals surface area contributed by atoms with E-state index in [1.54, 1.807) is 6.20 Å². The number of aromatic nitrogens is 3. The van der Waals surface area contributed by atoms with E-state index < -0.39 is 5.43 Å². The summed E-state index contributed by atoms with van der Waals surface area (Å²) in [6, 6.07) is 1.85. The molecular formula is C10H8ClN3O2S. The Morgan fingerprint density at radius 3 is 2.82 bits per heavy atom.